The van der Waals surface area contributed by atoms with Gasteiger partial charge >= 0.3 is 0 Å². The van der Waals surface area contributed by atoms with Crippen molar-refractivity contribution < 1.29 is 13.5 Å². The summed E-state index contributed by atoms with van der Waals surface area (Å²) in [5, 5.41) is 11.2. The molecule has 7 heteroatoms. The number of aliphatic hydroxyl groups is 1. The second kappa shape index (κ2) is 7.43. The minimum atomic E-state index is -3.90. The zero-order valence-corrected chi connectivity index (χ0v) is 20.0. The lowest BCUT2D eigenvalue weighted by molar-refractivity contribution is 0.0786. The topological polar surface area (TPSA) is 75.4 Å². The number of benzene rings is 2. The average molecular weight is 462 g/mol. The summed E-state index contributed by atoms with van der Waals surface area (Å²) in [6.45, 7) is 6.26. The number of aromatic nitrogens is 2. The average Bonchev–Trinajstić information content (AvgIpc) is 3.34. The molecule has 0 amide bonds. The molecule has 3 heterocycles. The van der Waals surface area contributed by atoms with Crippen molar-refractivity contribution in [2.75, 3.05) is 18.5 Å². The Morgan fingerprint density at radius 3 is 2.33 bits per heavy atom. The van der Waals surface area contributed by atoms with Crippen LogP contribution in [-0.4, -0.2) is 36.1 Å². The zero-order chi connectivity index (χ0) is 23.5. The third-order valence-corrected chi connectivity index (χ3v) is 8.10. The van der Waals surface area contributed by atoms with E-state index in [1.807, 2.05) is 44.3 Å². The van der Waals surface area contributed by atoms with Crippen LogP contribution >= 0.6 is 0 Å². The summed E-state index contributed by atoms with van der Waals surface area (Å²) >= 11 is 0. The highest BCUT2D eigenvalue weighted by Gasteiger charge is 2.29. The Hall–Kier alpha value is -3.16. The molecule has 6 nitrogen and oxygen atoms in total. The summed E-state index contributed by atoms with van der Waals surface area (Å²) in [5.74, 6) is 0. The van der Waals surface area contributed by atoms with Gasteiger partial charge in [-0.1, -0.05) is 42.0 Å². The van der Waals surface area contributed by atoms with Gasteiger partial charge in [0.1, 0.15) is 0 Å². The van der Waals surface area contributed by atoms with Gasteiger partial charge < -0.3 is 10.0 Å². The summed E-state index contributed by atoms with van der Waals surface area (Å²) in [6.07, 6.45) is 2.68. The molecule has 2 aromatic heterocycles. The molecule has 0 atom stereocenters. The second-order valence-corrected chi connectivity index (χ2v) is 11.1. The first kappa shape index (κ1) is 21.7. The van der Waals surface area contributed by atoms with Crippen LogP contribution in [0, 0.1) is 6.92 Å². The fourth-order valence-corrected chi connectivity index (χ4v) is 5.98. The van der Waals surface area contributed by atoms with Crippen LogP contribution in [0.25, 0.3) is 22.3 Å². The molecular weight excluding hydrogens is 434 g/mol. The second-order valence-electron chi connectivity index (χ2n) is 9.29. The summed E-state index contributed by atoms with van der Waals surface area (Å²) in [6, 6.07) is 16.2. The standard InChI is InChI=1S/C26H27N3O3S/c1-17-5-11-21(12-6-17)33(31,32)29-23(18-7-9-20(10-8-18)26(2,3)30)15-22-24-19(13-14-28(24)4)16-27-25(22)29/h5-12,15-16,30H,13-14H2,1-4H3. The molecule has 0 saturated heterocycles. The molecular formula is C26H27N3O3S. The fraction of sp³-hybridized carbons (Fsp3) is 0.269. The third kappa shape index (κ3) is 3.52. The number of pyridine rings is 1. The first-order valence-corrected chi connectivity index (χ1v) is 12.4. The van der Waals surface area contributed by atoms with E-state index in [1.165, 1.54) is 3.97 Å². The molecule has 4 aromatic rings. The Bertz CT molecular complexity index is 1460. The molecule has 2 aromatic carbocycles. The van der Waals surface area contributed by atoms with Crippen LogP contribution in [-0.2, 0) is 22.0 Å². The van der Waals surface area contributed by atoms with Gasteiger partial charge in [-0.25, -0.2) is 17.4 Å². The van der Waals surface area contributed by atoms with E-state index in [9.17, 15) is 13.5 Å². The number of nitrogens with zero attached hydrogens (tertiary/aromatic N) is 3. The molecule has 0 radical (unpaired) electrons. The minimum absolute atomic E-state index is 0.218. The highest BCUT2D eigenvalue weighted by Crippen LogP contribution is 2.39. The predicted octanol–water partition coefficient (Wildman–Crippen LogP) is 4.47. The van der Waals surface area contributed by atoms with Crippen LogP contribution in [0.4, 0.5) is 5.69 Å². The van der Waals surface area contributed by atoms with Gasteiger partial charge in [-0.3, -0.25) is 0 Å². The normalized spacial score (nSPS) is 14.2. The first-order valence-electron chi connectivity index (χ1n) is 11.0. The smallest absolute Gasteiger partial charge is 0.269 e. The molecule has 1 aliphatic rings. The molecule has 0 saturated carbocycles. The zero-order valence-electron chi connectivity index (χ0n) is 19.2. The van der Waals surface area contributed by atoms with Crippen molar-refractivity contribution in [3.8, 4) is 11.3 Å². The molecule has 5 rings (SSSR count). The highest BCUT2D eigenvalue weighted by molar-refractivity contribution is 7.90. The summed E-state index contributed by atoms with van der Waals surface area (Å²) in [5.41, 5.74) is 4.64. The summed E-state index contributed by atoms with van der Waals surface area (Å²) in [4.78, 5) is 6.99. The van der Waals surface area contributed by atoms with Crippen LogP contribution in [0.1, 0.15) is 30.5 Å². The van der Waals surface area contributed by atoms with Crippen LogP contribution in [0.3, 0.4) is 0 Å². The van der Waals surface area contributed by atoms with E-state index in [1.54, 1.807) is 44.3 Å². The highest BCUT2D eigenvalue weighted by atomic mass is 32.2. The number of hydrogen-bond donors (Lipinski definition) is 1. The maximum absolute atomic E-state index is 13.9. The quantitative estimate of drug-likeness (QED) is 0.485. The number of rotatable bonds is 4. The molecule has 1 aliphatic heterocycles. The van der Waals surface area contributed by atoms with Crippen LogP contribution in [0.15, 0.2) is 65.7 Å². The van der Waals surface area contributed by atoms with E-state index in [-0.39, 0.29) is 4.90 Å². The van der Waals surface area contributed by atoms with Gasteiger partial charge in [0.25, 0.3) is 10.0 Å². The monoisotopic (exact) mass is 461 g/mol. The molecule has 170 valence electrons. The Morgan fingerprint density at radius 1 is 1.03 bits per heavy atom. The lowest BCUT2D eigenvalue weighted by Gasteiger charge is -2.18. The molecule has 0 unspecified atom stereocenters. The van der Waals surface area contributed by atoms with Gasteiger partial charge in [-0.05, 0) is 62.1 Å². The van der Waals surface area contributed by atoms with Gasteiger partial charge in [-0.2, -0.15) is 0 Å². The van der Waals surface area contributed by atoms with Crippen molar-refractivity contribution in [3.05, 3.63) is 77.5 Å². The number of fused-ring (bicyclic) bond motifs is 3. The number of aryl methyl sites for hydroxylation is 1. The summed E-state index contributed by atoms with van der Waals surface area (Å²) < 4.78 is 29.1. The predicted molar refractivity (Wildman–Crippen MR) is 131 cm³/mol. The Kier molecular flexibility index (Phi) is 4.88. The van der Waals surface area contributed by atoms with E-state index in [4.69, 9.17) is 0 Å². The molecule has 0 bridgehead atoms. The van der Waals surface area contributed by atoms with Crippen molar-refractivity contribution in [1.29, 1.82) is 0 Å². The molecule has 1 N–H and O–H groups in total. The number of likely N-dealkylation sites (N-methyl/N-ethyl adjacent to an activating group) is 1. The van der Waals surface area contributed by atoms with Crippen LogP contribution in [0.2, 0.25) is 0 Å². The summed E-state index contributed by atoms with van der Waals surface area (Å²) in [7, 11) is -1.88. The Morgan fingerprint density at radius 2 is 1.70 bits per heavy atom. The van der Waals surface area contributed by atoms with Crippen molar-refractivity contribution in [1.82, 2.24) is 8.96 Å². The van der Waals surface area contributed by atoms with Crippen molar-refractivity contribution in [2.45, 2.75) is 37.7 Å². The Labute approximate surface area is 194 Å². The van der Waals surface area contributed by atoms with Crippen molar-refractivity contribution in [2.24, 2.45) is 0 Å². The van der Waals surface area contributed by atoms with E-state index < -0.39 is 15.6 Å². The van der Waals surface area contributed by atoms with Gasteiger partial charge in [0.2, 0.25) is 0 Å². The lowest BCUT2D eigenvalue weighted by Crippen LogP contribution is -2.16. The van der Waals surface area contributed by atoms with Crippen LogP contribution in [0.5, 0.6) is 0 Å². The first-order chi connectivity index (χ1) is 15.6. The number of anilines is 1. The van der Waals surface area contributed by atoms with Gasteiger partial charge in [0.15, 0.2) is 5.65 Å². The van der Waals surface area contributed by atoms with Gasteiger partial charge in [0, 0.05) is 25.2 Å². The molecule has 33 heavy (non-hydrogen) atoms. The van der Waals surface area contributed by atoms with E-state index in [0.717, 1.165) is 46.3 Å². The van der Waals surface area contributed by atoms with E-state index in [0.29, 0.717) is 11.3 Å². The van der Waals surface area contributed by atoms with Gasteiger partial charge in [0.05, 0.1) is 21.9 Å². The van der Waals surface area contributed by atoms with E-state index >= 15 is 0 Å². The fourth-order valence-electron chi connectivity index (χ4n) is 4.49. The molecule has 0 aliphatic carbocycles. The van der Waals surface area contributed by atoms with Gasteiger partial charge in [-0.15, -0.1) is 0 Å². The SMILES string of the molecule is Cc1ccc(S(=O)(=O)n2c(-c3ccc(C(C)(C)O)cc3)cc3c4c(cnc32)CCN4C)cc1. The largest absolute Gasteiger partial charge is 0.386 e. The molecule has 0 spiro atoms. The maximum atomic E-state index is 13.9. The Balaban J connectivity index is 1.80. The lowest BCUT2D eigenvalue weighted by atomic mass is 9.97. The number of hydrogen-bond acceptors (Lipinski definition) is 5. The van der Waals surface area contributed by atoms with Crippen molar-refractivity contribution >= 4 is 26.7 Å². The molecule has 0 fully saturated rings. The van der Waals surface area contributed by atoms with Crippen LogP contribution < -0.4 is 4.90 Å². The minimum Gasteiger partial charge on any atom is -0.386 e. The van der Waals surface area contributed by atoms with E-state index in [2.05, 4.69) is 9.88 Å². The third-order valence-electron chi connectivity index (χ3n) is 6.38. The maximum Gasteiger partial charge on any atom is 0.269 e. The van der Waals surface area contributed by atoms with Crippen molar-refractivity contribution in [3.63, 3.8) is 0 Å².